The average Bonchev–Trinajstić information content (AvgIpc) is 2.61. The van der Waals surface area contributed by atoms with Crippen molar-refractivity contribution < 1.29 is 9.53 Å². The van der Waals surface area contributed by atoms with Crippen molar-refractivity contribution in [3.05, 3.63) is 68.3 Å². The number of ether oxygens (including phenoxy) is 1. The van der Waals surface area contributed by atoms with Crippen LogP contribution in [-0.4, -0.2) is 25.7 Å². The lowest BCUT2D eigenvalue weighted by Crippen LogP contribution is -2.44. The van der Waals surface area contributed by atoms with Crippen LogP contribution in [0, 0.1) is 3.57 Å². The molecule has 1 N–H and O–H groups in total. The molecule has 0 aromatic heterocycles. The van der Waals surface area contributed by atoms with E-state index in [1.165, 1.54) is 5.56 Å². The molecule has 126 valence electrons. The zero-order valence-corrected chi connectivity index (χ0v) is 16.1. The van der Waals surface area contributed by atoms with Crippen LogP contribution in [0.5, 0.6) is 0 Å². The van der Waals surface area contributed by atoms with Crippen molar-refractivity contribution in [3.8, 4) is 0 Å². The molecule has 3 nitrogen and oxygen atoms in total. The first-order valence-corrected chi connectivity index (χ1v) is 9.42. The van der Waals surface area contributed by atoms with Gasteiger partial charge >= 0.3 is 0 Å². The predicted octanol–water partition coefficient (Wildman–Crippen LogP) is 4.42. The van der Waals surface area contributed by atoms with E-state index in [2.05, 4.69) is 40.0 Å². The summed E-state index contributed by atoms with van der Waals surface area (Å²) in [5.41, 5.74) is 1.80. The number of hydrogen-bond donors (Lipinski definition) is 1. The Labute approximate surface area is 160 Å². The van der Waals surface area contributed by atoms with Crippen LogP contribution in [0.3, 0.4) is 0 Å². The summed E-state index contributed by atoms with van der Waals surface area (Å²) in [7, 11) is 0. The molecule has 3 rings (SSSR count). The van der Waals surface area contributed by atoms with Crippen LogP contribution in [0.4, 0.5) is 0 Å². The summed E-state index contributed by atoms with van der Waals surface area (Å²) < 4.78 is 6.59. The fourth-order valence-corrected chi connectivity index (χ4v) is 3.78. The summed E-state index contributed by atoms with van der Waals surface area (Å²) in [4.78, 5) is 12.5. The molecule has 2 aromatic carbocycles. The molecule has 0 aliphatic carbocycles. The first kappa shape index (κ1) is 17.7. The second-order valence-electron chi connectivity index (χ2n) is 6.09. The summed E-state index contributed by atoms with van der Waals surface area (Å²) in [6.07, 6.45) is 1.78. The Morgan fingerprint density at radius 2 is 1.88 bits per heavy atom. The van der Waals surface area contributed by atoms with Gasteiger partial charge in [-0.05, 0) is 71.3 Å². The summed E-state index contributed by atoms with van der Waals surface area (Å²) in [5.74, 6) is -0.0339. The molecule has 24 heavy (non-hydrogen) atoms. The number of carbonyl (C=O) groups is 1. The maximum absolute atomic E-state index is 12.5. The van der Waals surface area contributed by atoms with Crippen LogP contribution in [0.15, 0.2) is 48.5 Å². The third-order valence-corrected chi connectivity index (χ3v) is 5.50. The van der Waals surface area contributed by atoms with Crippen LogP contribution >= 0.6 is 34.2 Å². The molecule has 1 amide bonds. The number of amides is 1. The average molecular weight is 456 g/mol. The molecule has 1 aliphatic heterocycles. The number of halogens is 2. The molecule has 0 spiro atoms. The van der Waals surface area contributed by atoms with E-state index in [4.69, 9.17) is 16.3 Å². The van der Waals surface area contributed by atoms with Crippen molar-refractivity contribution in [1.29, 1.82) is 0 Å². The topological polar surface area (TPSA) is 38.3 Å². The third-order valence-electron chi connectivity index (χ3n) is 4.58. The van der Waals surface area contributed by atoms with Gasteiger partial charge in [0.15, 0.2) is 0 Å². The second-order valence-corrected chi connectivity index (χ2v) is 7.77. The number of rotatable bonds is 4. The minimum absolute atomic E-state index is 0.0339. The van der Waals surface area contributed by atoms with E-state index in [0.29, 0.717) is 25.3 Å². The van der Waals surface area contributed by atoms with Crippen LogP contribution in [0.2, 0.25) is 5.02 Å². The van der Waals surface area contributed by atoms with Gasteiger partial charge in [-0.3, -0.25) is 4.79 Å². The molecule has 5 heteroatoms. The van der Waals surface area contributed by atoms with Gasteiger partial charge < -0.3 is 10.1 Å². The highest BCUT2D eigenvalue weighted by atomic mass is 127. The molecule has 1 fully saturated rings. The predicted molar refractivity (Wildman–Crippen MR) is 105 cm³/mol. The van der Waals surface area contributed by atoms with Crippen molar-refractivity contribution in [3.63, 3.8) is 0 Å². The standard InChI is InChI=1S/C19H19ClINO2/c20-16-6-4-15(5-7-16)19(8-10-24-11-9-19)13-22-18(23)14-2-1-3-17(21)12-14/h1-7,12H,8-11,13H2,(H,22,23). The number of carbonyl (C=O) groups excluding carboxylic acids is 1. The fourth-order valence-electron chi connectivity index (χ4n) is 3.11. The molecular weight excluding hydrogens is 437 g/mol. The Hall–Kier alpha value is -1.11. The Kier molecular flexibility index (Phi) is 5.79. The third kappa shape index (κ3) is 4.10. The van der Waals surface area contributed by atoms with Crippen molar-refractivity contribution >= 4 is 40.1 Å². The lowest BCUT2D eigenvalue weighted by molar-refractivity contribution is 0.0487. The first-order valence-electron chi connectivity index (χ1n) is 7.97. The van der Waals surface area contributed by atoms with Gasteiger partial charge in [-0.1, -0.05) is 29.8 Å². The number of nitrogens with one attached hydrogen (secondary N) is 1. The SMILES string of the molecule is O=C(NCC1(c2ccc(Cl)cc2)CCOCC1)c1cccc(I)c1. The molecule has 1 heterocycles. The summed E-state index contributed by atoms with van der Waals surface area (Å²) in [6.45, 7) is 2.02. The highest BCUT2D eigenvalue weighted by Gasteiger charge is 2.34. The molecule has 0 atom stereocenters. The minimum atomic E-state index is -0.0968. The zero-order valence-electron chi connectivity index (χ0n) is 13.2. The van der Waals surface area contributed by atoms with Crippen LogP contribution in [-0.2, 0) is 10.2 Å². The largest absolute Gasteiger partial charge is 0.381 e. The number of hydrogen-bond acceptors (Lipinski definition) is 2. The summed E-state index contributed by atoms with van der Waals surface area (Å²) >= 11 is 8.24. The maximum atomic E-state index is 12.5. The summed E-state index contributed by atoms with van der Waals surface area (Å²) in [5, 5.41) is 3.84. The van der Waals surface area contributed by atoms with Gasteiger partial charge in [0.05, 0.1) is 0 Å². The normalized spacial score (nSPS) is 16.6. The smallest absolute Gasteiger partial charge is 0.251 e. The van der Waals surface area contributed by atoms with Gasteiger partial charge in [0, 0.05) is 39.3 Å². The van der Waals surface area contributed by atoms with Gasteiger partial charge in [0.1, 0.15) is 0 Å². The second kappa shape index (κ2) is 7.85. The molecule has 0 bridgehead atoms. The maximum Gasteiger partial charge on any atom is 0.251 e. The van der Waals surface area contributed by atoms with E-state index in [1.807, 2.05) is 36.4 Å². The molecule has 0 saturated carbocycles. The van der Waals surface area contributed by atoms with E-state index in [9.17, 15) is 4.79 Å². The highest BCUT2D eigenvalue weighted by Crippen LogP contribution is 2.35. The molecule has 0 radical (unpaired) electrons. The molecule has 2 aromatic rings. The van der Waals surface area contributed by atoms with Crippen LogP contribution in [0.1, 0.15) is 28.8 Å². The quantitative estimate of drug-likeness (QED) is 0.693. The van der Waals surface area contributed by atoms with Crippen molar-refractivity contribution in [2.45, 2.75) is 18.3 Å². The van der Waals surface area contributed by atoms with Crippen LogP contribution < -0.4 is 5.32 Å². The number of benzene rings is 2. The molecule has 1 saturated heterocycles. The highest BCUT2D eigenvalue weighted by molar-refractivity contribution is 14.1. The van der Waals surface area contributed by atoms with Crippen molar-refractivity contribution in [2.24, 2.45) is 0 Å². The lowest BCUT2D eigenvalue weighted by atomic mass is 9.74. The molecular formula is C19H19ClINO2. The van der Waals surface area contributed by atoms with Gasteiger partial charge in [-0.25, -0.2) is 0 Å². The Morgan fingerprint density at radius 1 is 1.17 bits per heavy atom. The minimum Gasteiger partial charge on any atom is -0.381 e. The Bertz CT molecular complexity index is 712. The Balaban J connectivity index is 1.77. The molecule has 1 aliphatic rings. The monoisotopic (exact) mass is 455 g/mol. The zero-order chi connectivity index (χ0) is 17.0. The van der Waals surface area contributed by atoms with Crippen molar-refractivity contribution in [2.75, 3.05) is 19.8 Å². The fraction of sp³-hybridized carbons (Fsp3) is 0.316. The van der Waals surface area contributed by atoms with Gasteiger partial charge in [-0.2, -0.15) is 0 Å². The van der Waals surface area contributed by atoms with E-state index in [-0.39, 0.29) is 11.3 Å². The van der Waals surface area contributed by atoms with E-state index in [1.54, 1.807) is 0 Å². The van der Waals surface area contributed by atoms with Gasteiger partial charge in [0.25, 0.3) is 5.91 Å². The van der Waals surface area contributed by atoms with Gasteiger partial charge in [-0.15, -0.1) is 0 Å². The van der Waals surface area contributed by atoms with Gasteiger partial charge in [0.2, 0.25) is 0 Å². The first-order chi connectivity index (χ1) is 11.6. The van der Waals surface area contributed by atoms with E-state index < -0.39 is 0 Å². The van der Waals surface area contributed by atoms with E-state index >= 15 is 0 Å². The van der Waals surface area contributed by atoms with Crippen LogP contribution in [0.25, 0.3) is 0 Å². The Morgan fingerprint density at radius 3 is 2.54 bits per heavy atom. The lowest BCUT2D eigenvalue weighted by Gasteiger charge is -2.38. The van der Waals surface area contributed by atoms with E-state index in [0.717, 1.165) is 21.4 Å². The molecule has 0 unspecified atom stereocenters. The van der Waals surface area contributed by atoms with Crippen molar-refractivity contribution in [1.82, 2.24) is 5.32 Å². The summed E-state index contributed by atoms with van der Waals surface area (Å²) in [6, 6.07) is 15.6.